The van der Waals surface area contributed by atoms with Crippen LogP contribution in [-0.2, 0) is 14.6 Å². The van der Waals surface area contributed by atoms with Crippen LogP contribution < -0.4 is 14.8 Å². The topological polar surface area (TPSA) is 119 Å². The van der Waals surface area contributed by atoms with E-state index in [-0.39, 0.29) is 53.1 Å². The quantitative estimate of drug-likeness (QED) is 0.790. The van der Waals surface area contributed by atoms with E-state index in [2.05, 4.69) is 5.32 Å². The number of phenols is 1. The number of benzene rings is 1. The van der Waals surface area contributed by atoms with Gasteiger partial charge in [-0.05, 0) is 20.3 Å². The van der Waals surface area contributed by atoms with E-state index in [1.165, 1.54) is 12.1 Å². The number of ketones is 1. The summed E-state index contributed by atoms with van der Waals surface area (Å²) in [4.78, 5) is 24.1. The van der Waals surface area contributed by atoms with Crippen molar-refractivity contribution < 1.29 is 32.6 Å². The molecule has 2 heterocycles. The highest BCUT2D eigenvalue weighted by molar-refractivity contribution is 7.91. The third-order valence-electron chi connectivity index (χ3n) is 4.27. The van der Waals surface area contributed by atoms with Crippen molar-refractivity contribution in [2.75, 3.05) is 18.1 Å². The Morgan fingerprint density at radius 3 is 2.81 bits per heavy atom. The molecule has 2 aliphatic heterocycles. The number of Topliss-reactive ketones (excluding diaryl/α,β-unsaturated/α-hetero) is 1. The lowest BCUT2D eigenvalue weighted by molar-refractivity contribution is -0.123. The van der Waals surface area contributed by atoms with Crippen molar-refractivity contribution in [1.82, 2.24) is 5.32 Å². The summed E-state index contributed by atoms with van der Waals surface area (Å²) < 4.78 is 33.9. The molecule has 1 atom stereocenters. The van der Waals surface area contributed by atoms with Crippen molar-refractivity contribution in [3.05, 3.63) is 17.7 Å². The fourth-order valence-corrected chi connectivity index (χ4v) is 4.83. The molecule has 0 spiro atoms. The standard InChI is InChI=1S/C17H21NO7S/c1-17(2)7-13(20)16-12(19)5-11(6-14(16)25-17)24-8-15(21)18-10-3-4-26(22,23)9-10/h5-6,10,19H,3-4,7-9H2,1-2H3,(H,18,21)/t10-/m1/s1. The van der Waals surface area contributed by atoms with Crippen LogP contribution in [0, 0.1) is 0 Å². The van der Waals surface area contributed by atoms with Crippen molar-refractivity contribution >= 4 is 21.5 Å². The van der Waals surface area contributed by atoms with Crippen molar-refractivity contribution in [3.8, 4) is 17.2 Å². The van der Waals surface area contributed by atoms with Gasteiger partial charge in [0.25, 0.3) is 5.91 Å². The maximum atomic E-state index is 12.2. The van der Waals surface area contributed by atoms with E-state index in [0.717, 1.165) is 0 Å². The molecule has 1 aromatic rings. The average Bonchev–Trinajstić information content (AvgIpc) is 2.81. The highest BCUT2D eigenvalue weighted by Gasteiger charge is 2.35. The predicted molar refractivity (Wildman–Crippen MR) is 92.5 cm³/mol. The van der Waals surface area contributed by atoms with Crippen molar-refractivity contribution in [3.63, 3.8) is 0 Å². The molecule has 9 heteroatoms. The second kappa shape index (κ2) is 6.46. The first-order valence-corrected chi connectivity index (χ1v) is 10.1. The van der Waals surface area contributed by atoms with Gasteiger partial charge in [-0.1, -0.05) is 0 Å². The molecule has 1 fully saturated rings. The molecule has 3 rings (SSSR count). The minimum absolute atomic E-state index is 0.0661. The van der Waals surface area contributed by atoms with Crippen LogP contribution >= 0.6 is 0 Å². The SMILES string of the molecule is CC1(C)CC(=O)c2c(O)cc(OCC(=O)N[C@@H]3CCS(=O)(=O)C3)cc2O1. The van der Waals surface area contributed by atoms with Gasteiger partial charge >= 0.3 is 0 Å². The van der Waals surface area contributed by atoms with Crippen LogP contribution in [0.5, 0.6) is 17.2 Å². The third-order valence-corrected chi connectivity index (χ3v) is 6.04. The molecule has 8 nitrogen and oxygen atoms in total. The van der Waals surface area contributed by atoms with E-state index in [1.54, 1.807) is 13.8 Å². The van der Waals surface area contributed by atoms with Gasteiger partial charge in [-0.25, -0.2) is 8.42 Å². The van der Waals surface area contributed by atoms with Crippen LogP contribution in [0.25, 0.3) is 0 Å². The van der Waals surface area contributed by atoms with Crippen LogP contribution in [0.1, 0.15) is 37.0 Å². The molecule has 2 aliphatic rings. The van der Waals surface area contributed by atoms with E-state index in [0.29, 0.717) is 6.42 Å². The van der Waals surface area contributed by atoms with Gasteiger partial charge in [-0.2, -0.15) is 0 Å². The fraction of sp³-hybridized carbons (Fsp3) is 0.529. The lowest BCUT2D eigenvalue weighted by Crippen LogP contribution is -2.38. The smallest absolute Gasteiger partial charge is 0.258 e. The molecule has 1 saturated heterocycles. The van der Waals surface area contributed by atoms with Gasteiger partial charge in [0.15, 0.2) is 22.2 Å². The zero-order valence-corrected chi connectivity index (χ0v) is 15.4. The Morgan fingerprint density at radius 2 is 2.15 bits per heavy atom. The lowest BCUT2D eigenvalue weighted by atomic mass is 9.92. The first-order valence-electron chi connectivity index (χ1n) is 8.26. The minimum atomic E-state index is -3.08. The highest BCUT2D eigenvalue weighted by atomic mass is 32.2. The molecule has 1 aromatic carbocycles. The maximum absolute atomic E-state index is 12.2. The second-order valence-corrected chi connectivity index (χ2v) is 9.46. The summed E-state index contributed by atoms with van der Waals surface area (Å²) in [6, 6.07) is 2.31. The first kappa shape index (κ1) is 18.5. The van der Waals surface area contributed by atoms with E-state index in [1.807, 2.05) is 0 Å². The lowest BCUT2D eigenvalue weighted by Gasteiger charge is -2.32. The van der Waals surface area contributed by atoms with Gasteiger partial charge in [0, 0.05) is 18.2 Å². The van der Waals surface area contributed by atoms with Gasteiger partial charge in [0.1, 0.15) is 28.4 Å². The second-order valence-electron chi connectivity index (χ2n) is 7.23. The van der Waals surface area contributed by atoms with Gasteiger partial charge in [0.2, 0.25) is 0 Å². The molecular formula is C17H21NO7S. The van der Waals surface area contributed by atoms with Crippen LogP contribution in [-0.4, -0.2) is 55.0 Å². The fourth-order valence-electron chi connectivity index (χ4n) is 3.16. The average molecular weight is 383 g/mol. The number of carbonyl (C=O) groups is 2. The molecule has 0 saturated carbocycles. The summed E-state index contributed by atoms with van der Waals surface area (Å²) in [5.74, 6) is -0.547. The van der Waals surface area contributed by atoms with Crippen LogP contribution in [0.3, 0.4) is 0 Å². The Morgan fingerprint density at radius 1 is 1.42 bits per heavy atom. The molecule has 0 radical (unpaired) electrons. The number of fused-ring (bicyclic) bond motifs is 1. The normalized spacial score (nSPS) is 23.0. The summed E-state index contributed by atoms with van der Waals surface area (Å²) in [6.07, 6.45) is 0.541. The molecule has 2 N–H and O–H groups in total. The van der Waals surface area contributed by atoms with Crippen LogP contribution in [0.2, 0.25) is 0 Å². The number of ether oxygens (including phenoxy) is 2. The number of hydrogen-bond acceptors (Lipinski definition) is 7. The number of phenolic OH excluding ortho intramolecular Hbond substituents is 1. The molecule has 0 unspecified atom stereocenters. The number of amides is 1. The molecular weight excluding hydrogens is 362 g/mol. The summed E-state index contributed by atoms with van der Waals surface area (Å²) in [6.45, 7) is 3.19. The number of nitrogens with one attached hydrogen (secondary N) is 1. The van der Waals surface area contributed by atoms with Gasteiger partial charge in [-0.3, -0.25) is 9.59 Å². The Hall–Kier alpha value is -2.29. The predicted octanol–water partition coefficient (Wildman–Crippen LogP) is 0.818. The number of carbonyl (C=O) groups excluding carboxylic acids is 2. The van der Waals surface area contributed by atoms with E-state index in [4.69, 9.17) is 9.47 Å². The van der Waals surface area contributed by atoms with Crippen LogP contribution in [0.15, 0.2) is 12.1 Å². The van der Waals surface area contributed by atoms with E-state index in [9.17, 15) is 23.1 Å². The summed E-state index contributed by atoms with van der Waals surface area (Å²) in [7, 11) is -3.08. The number of sulfone groups is 1. The van der Waals surface area contributed by atoms with Crippen LogP contribution in [0.4, 0.5) is 0 Å². The largest absolute Gasteiger partial charge is 0.507 e. The Labute approximate surface area is 151 Å². The zero-order chi connectivity index (χ0) is 19.1. The van der Waals surface area contributed by atoms with E-state index >= 15 is 0 Å². The number of hydrogen-bond donors (Lipinski definition) is 2. The van der Waals surface area contributed by atoms with Crippen molar-refractivity contribution in [2.24, 2.45) is 0 Å². The Kier molecular flexibility index (Phi) is 4.60. The first-order chi connectivity index (χ1) is 12.0. The molecule has 26 heavy (non-hydrogen) atoms. The monoisotopic (exact) mass is 383 g/mol. The maximum Gasteiger partial charge on any atom is 0.258 e. The number of rotatable bonds is 4. The Balaban J connectivity index is 1.65. The summed E-state index contributed by atoms with van der Waals surface area (Å²) in [5.41, 5.74) is -0.585. The van der Waals surface area contributed by atoms with E-state index < -0.39 is 27.4 Å². The molecule has 142 valence electrons. The third kappa shape index (κ3) is 4.09. The summed E-state index contributed by atoms with van der Waals surface area (Å²) >= 11 is 0. The minimum Gasteiger partial charge on any atom is -0.507 e. The highest BCUT2D eigenvalue weighted by Crippen LogP contribution is 2.40. The Bertz CT molecular complexity index is 860. The van der Waals surface area contributed by atoms with Gasteiger partial charge in [0.05, 0.1) is 17.9 Å². The zero-order valence-electron chi connectivity index (χ0n) is 14.6. The molecule has 1 amide bonds. The van der Waals surface area contributed by atoms with Crippen molar-refractivity contribution in [2.45, 2.75) is 38.3 Å². The number of aromatic hydroxyl groups is 1. The van der Waals surface area contributed by atoms with Gasteiger partial charge < -0.3 is 19.9 Å². The molecule has 0 aromatic heterocycles. The van der Waals surface area contributed by atoms with Crippen molar-refractivity contribution in [1.29, 1.82) is 0 Å². The summed E-state index contributed by atoms with van der Waals surface area (Å²) in [5, 5.41) is 12.7. The van der Waals surface area contributed by atoms with Gasteiger partial charge in [-0.15, -0.1) is 0 Å². The molecule has 0 aliphatic carbocycles. The molecule has 0 bridgehead atoms.